The van der Waals surface area contributed by atoms with Crippen molar-refractivity contribution in [3.05, 3.63) is 64.5 Å². The van der Waals surface area contributed by atoms with Crippen LogP contribution < -0.4 is 4.74 Å². The summed E-state index contributed by atoms with van der Waals surface area (Å²) in [6.45, 7) is 5.44. The van der Waals surface area contributed by atoms with Crippen molar-refractivity contribution in [2.24, 2.45) is 0 Å². The molecule has 0 amide bonds. The number of carboxylic acid groups (broad SMARTS) is 1. The minimum Gasteiger partial charge on any atom is -0.496 e. The molecule has 2 N–H and O–H groups in total. The summed E-state index contributed by atoms with van der Waals surface area (Å²) in [6.07, 6.45) is 3.94. The highest BCUT2D eigenvalue weighted by atomic mass is 19.1. The summed E-state index contributed by atoms with van der Waals surface area (Å²) in [5.41, 5.74) is 3.40. The fourth-order valence-electron chi connectivity index (χ4n) is 5.12. The van der Waals surface area contributed by atoms with Crippen LogP contribution in [-0.4, -0.2) is 60.0 Å². The highest BCUT2D eigenvalue weighted by Gasteiger charge is 2.27. The number of hydrogen-bond acceptors (Lipinski definition) is 5. The molecule has 0 saturated carbocycles. The summed E-state index contributed by atoms with van der Waals surface area (Å²) in [7, 11) is 1.58. The van der Waals surface area contributed by atoms with Gasteiger partial charge in [0, 0.05) is 24.6 Å². The number of hydrogen-bond donors (Lipinski definition) is 2. The Bertz CT molecular complexity index is 998. The first-order valence-corrected chi connectivity index (χ1v) is 13.0. The molecule has 1 aliphatic rings. The molecule has 36 heavy (non-hydrogen) atoms. The van der Waals surface area contributed by atoms with Crippen LogP contribution in [0.4, 0.5) is 4.39 Å². The Morgan fingerprint density at radius 3 is 2.78 bits per heavy atom. The van der Waals surface area contributed by atoms with Gasteiger partial charge in [0.2, 0.25) is 0 Å². The summed E-state index contributed by atoms with van der Waals surface area (Å²) in [6, 6.07) is 11.4. The number of β-amino-alcohol motifs (C(OH)–C–C–N with tert-alkyl or cyclic N) is 1. The minimum atomic E-state index is -0.858. The lowest BCUT2D eigenvalue weighted by molar-refractivity contribution is -0.136. The number of nitrogens with zero attached hydrogens (tertiary/aromatic N) is 1. The number of methoxy groups -OCH3 is 1. The van der Waals surface area contributed by atoms with E-state index in [0.29, 0.717) is 24.3 Å². The van der Waals surface area contributed by atoms with Crippen molar-refractivity contribution in [3.63, 3.8) is 0 Å². The number of rotatable bonds is 14. The first-order chi connectivity index (χ1) is 17.3. The van der Waals surface area contributed by atoms with Crippen LogP contribution >= 0.6 is 0 Å². The molecule has 3 rings (SSSR count). The Morgan fingerprint density at radius 1 is 1.28 bits per heavy atom. The maximum absolute atomic E-state index is 14.0. The van der Waals surface area contributed by atoms with E-state index in [4.69, 9.17) is 9.47 Å². The van der Waals surface area contributed by atoms with E-state index in [1.807, 2.05) is 30.3 Å². The van der Waals surface area contributed by atoms with Gasteiger partial charge in [-0.15, -0.1) is 0 Å². The second kappa shape index (κ2) is 13.7. The van der Waals surface area contributed by atoms with Gasteiger partial charge in [-0.1, -0.05) is 37.6 Å². The molecule has 0 bridgehead atoms. The van der Waals surface area contributed by atoms with Gasteiger partial charge in [0.15, 0.2) is 0 Å². The second-order valence-electron chi connectivity index (χ2n) is 9.76. The number of aliphatic carboxylic acids is 1. The van der Waals surface area contributed by atoms with Crippen LogP contribution in [0.1, 0.15) is 67.4 Å². The van der Waals surface area contributed by atoms with Crippen LogP contribution in [0.5, 0.6) is 5.75 Å². The first-order valence-electron chi connectivity index (χ1n) is 13.0. The van der Waals surface area contributed by atoms with Gasteiger partial charge in [0.05, 0.1) is 25.9 Å². The molecule has 3 atom stereocenters. The molecular weight excluding hydrogens is 461 g/mol. The van der Waals surface area contributed by atoms with Crippen LogP contribution in [0.15, 0.2) is 36.4 Å². The van der Waals surface area contributed by atoms with Crippen molar-refractivity contribution in [3.8, 4) is 5.75 Å². The fourth-order valence-corrected chi connectivity index (χ4v) is 5.12. The third kappa shape index (κ3) is 7.76. The van der Waals surface area contributed by atoms with E-state index in [1.54, 1.807) is 20.1 Å². The molecule has 0 aromatic heterocycles. The highest BCUT2D eigenvalue weighted by molar-refractivity contribution is 5.67. The zero-order valence-corrected chi connectivity index (χ0v) is 21.7. The third-order valence-electron chi connectivity index (χ3n) is 7.02. The van der Waals surface area contributed by atoms with Crippen molar-refractivity contribution in [2.45, 2.75) is 77.0 Å². The molecule has 7 heteroatoms. The number of benzene rings is 2. The zero-order valence-electron chi connectivity index (χ0n) is 21.7. The van der Waals surface area contributed by atoms with Crippen LogP contribution in [-0.2, 0) is 22.4 Å². The van der Waals surface area contributed by atoms with E-state index in [9.17, 15) is 19.4 Å². The molecule has 1 heterocycles. The highest BCUT2D eigenvalue weighted by Crippen LogP contribution is 2.33. The van der Waals surface area contributed by atoms with Crippen LogP contribution in [0.3, 0.4) is 0 Å². The summed E-state index contributed by atoms with van der Waals surface area (Å²) >= 11 is 0. The summed E-state index contributed by atoms with van der Waals surface area (Å²) < 4.78 is 25.7. The largest absolute Gasteiger partial charge is 0.496 e. The Hall–Kier alpha value is -2.48. The van der Waals surface area contributed by atoms with Gasteiger partial charge in [-0.2, -0.15) is 0 Å². The fraction of sp³-hybridized carbons (Fsp3) is 0.552. The number of halogens is 1. The van der Waals surface area contributed by atoms with Crippen LogP contribution in [0.25, 0.3) is 0 Å². The van der Waals surface area contributed by atoms with Gasteiger partial charge >= 0.3 is 5.97 Å². The number of aliphatic hydroxyl groups excluding tert-OH is 1. The number of carboxylic acids is 1. The second-order valence-corrected chi connectivity index (χ2v) is 9.76. The van der Waals surface area contributed by atoms with Gasteiger partial charge < -0.3 is 19.7 Å². The average Bonchev–Trinajstić information content (AvgIpc) is 3.28. The molecule has 0 spiro atoms. The summed E-state index contributed by atoms with van der Waals surface area (Å²) in [5, 5.41) is 20.1. The molecule has 0 radical (unpaired) electrons. The van der Waals surface area contributed by atoms with Crippen molar-refractivity contribution in [1.82, 2.24) is 4.90 Å². The molecule has 6 nitrogen and oxygen atoms in total. The van der Waals surface area contributed by atoms with Gasteiger partial charge in [0.25, 0.3) is 0 Å². The van der Waals surface area contributed by atoms with Crippen molar-refractivity contribution >= 4 is 5.97 Å². The average molecular weight is 502 g/mol. The van der Waals surface area contributed by atoms with Gasteiger partial charge in [-0.25, -0.2) is 4.39 Å². The maximum atomic E-state index is 14.0. The standard InChI is InChI=1S/C29H40FNO5/c1-4-7-28(24-9-5-10-27(35-3)25(24)13-14-29(33)34)36-19-23(32)18-31-15-6-8-22(31)16-21-12-11-20(2)26(30)17-21/h5,9-12,17,22-23,28,32H,4,6-8,13-16,18-19H2,1-3H3,(H,33,34)/t22-,23+,28+/m0/s1. The normalized spacial score (nSPS) is 17.8. The number of aliphatic hydroxyl groups is 1. The molecule has 0 unspecified atom stereocenters. The van der Waals surface area contributed by atoms with E-state index < -0.39 is 12.1 Å². The molecule has 1 saturated heterocycles. The van der Waals surface area contributed by atoms with E-state index in [2.05, 4.69) is 11.8 Å². The molecule has 198 valence electrons. The van der Waals surface area contributed by atoms with E-state index in [1.165, 1.54) is 0 Å². The third-order valence-corrected chi connectivity index (χ3v) is 7.02. The van der Waals surface area contributed by atoms with E-state index in [-0.39, 0.29) is 31.0 Å². The Balaban J connectivity index is 1.63. The molecule has 2 aromatic rings. The smallest absolute Gasteiger partial charge is 0.303 e. The topological polar surface area (TPSA) is 79.2 Å². The van der Waals surface area contributed by atoms with Crippen molar-refractivity contribution in [2.75, 3.05) is 26.8 Å². The van der Waals surface area contributed by atoms with Crippen LogP contribution in [0.2, 0.25) is 0 Å². The van der Waals surface area contributed by atoms with Gasteiger partial charge in [-0.05, 0) is 74.4 Å². The SMILES string of the molecule is CCC[C@@H](OC[C@H](O)CN1CCC[C@H]1Cc1ccc(C)c(F)c1)c1cccc(OC)c1CCC(=O)O. The predicted octanol–water partition coefficient (Wildman–Crippen LogP) is 5.09. The lowest BCUT2D eigenvalue weighted by Gasteiger charge is -2.28. The zero-order chi connectivity index (χ0) is 26.1. The lowest BCUT2D eigenvalue weighted by atomic mass is 9.95. The molecule has 0 aliphatic carbocycles. The number of ether oxygens (including phenoxy) is 2. The number of aryl methyl sites for hydroxylation is 1. The summed E-state index contributed by atoms with van der Waals surface area (Å²) in [4.78, 5) is 13.5. The minimum absolute atomic E-state index is 0.00999. The predicted molar refractivity (Wildman–Crippen MR) is 138 cm³/mol. The van der Waals surface area contributed by atoms with Crippen molar-refractivity contribution < 1.29 is 28.9 Å². The van der Waals surface area contributed by atoms with Crippen LogP contribution in [0, 0.1) is 12.7 Å². The Labute approximate surface area is 214 Å². The summed E-state index contributed by atoms with van der Waals surface area (Å²) in [5.74, 6) is -0.372. The van der Waals surface area contributed by atoms with Gasteiger partial charge in [-0.3, -0.25) is 9.69 Å². The molecular formula is C29H40FNO5. The quantitative estimate of drug-likeness (QED) is 0.376. The number of likely N-dealkylation sites (tertiary alicyclic amines) is 1. The Morgan fingerprint density at radius 2 is 2.08 bits per heavy atom. The first kappa shape index (κ1) is 28.1. The lowest BCUT2D eigenvalue weighted by Crippen LogP contribution is -2.39. The monoisotopic (exact) mass is 501 g/mol. The number of carbonyl (C=O) groups is 1. The van der Waals surface area contributed by atoms with E-state index in [0.717, 1.165) is 55.3 Å². The molecule has 1 aliphatic heterocycles. The Kier molecular flexibility index (Phi) is 10.7. The maximum Gasteiger partial charge on any atom is 0.303 e. The van der Waals surface area contributed by atoms with Gasteiger partial charge in [0.1, 0.15) is 11.6 Å². The van der Waals surface area contributed by atoms with E-state index >= 15 is 0 Å². The molecule has 1 fully saturated rings. The van der Waals surface area contributed by atoms with Crippen molar-refractivity contribution in [1.29, 1.82) is 0 Å². The molecule has 2 aromatic carbocycles.